The summed E-state index contributed by atoms with van der Waals surface area (Å²) in [6, 6.07) is -0.995. The van der Waals surface area contributed by atoms with Gasteiger partial charge >= 0.3 is 0 Å². The number of allylic oxidation sites excluding steroid dienone is 2. The van der Waals surface area contributed by atoms with Crippen LogP contribution in [-0.4, -0.2) is 57.3 Å². The Balaban J connectivity index is 3.59. The molecule has 0 heterocycles. The highest BCUT2D eigenvalue weighted by Gasteiger charge is 2.28. The van der Waals surface area contributed by atoms with Gasteiger partial charge in [-0.05, 0) is 38.5 Å². The van der Waals surface area contributed by atoms with E-state index in [1.165, 1.54) is 161 Å². The third-order valence-electron chi connectivity index (χ3n) is 10.2. The number of carbonyl (C=O) groups is 1. The normalized spacial score (nSPS) is 14.3. The number of nitrogens with one attached hydrogen (secondary N) is 1. The lowest BCUT2D eigenvalue weighted by Crippen LogP contribution is -2.53. The number of aliphatic hydroxyl groups excluding tert-OH is 4. The third kappa shape index (κ3) is 32.7. The van der Waals surface area contributed by atoms with Crippen molar-refractivity contribution in [2.75, 3.05) is 6.61 Å². The minimum absolute atomic E-state index is 0.368. The van der Waals surface area contributed by atoms with Crippen molar-refractivity contribution in [2.24, 2.45) is 0 Å². The van der Waals surface area contributed by atoms with Crippen LogP contribution in [0.15, 0.2) is 12.2 Å². The predicted octanol–water partition coefficient (Wildman–Crippen LogP) is 11.0. The molecule has 4 atom stereocenters. The average Bonchev–Trinajstić information content (AvgIpc) is 3.11. The maximum atomic E-state index is 12.4. The first-order chi connectivity index (χ1) is 24.0. The molecule has 0 saturated heterocycles. The van der Waals surface area contributed by atoms with E-state index in [0.717, 1.165) is 38.5 Å². The van der Waals surface area contributed by atoms with Crippen molar-refractivity contribution >= 4 is 5.91 Å². The van der Waals surface area contributed by atoms with Gasteiger partial charge in [-0.15, -0.1) is 0 Å². The van der Waals surface area contributed by atoms with Crippen molar-refractivity contribution in [2.45, 2.75) is 250 Å². The second-order valence-electron chi connectivity index (χ2n) is 15.0. The maximum absolute atomic E-state index is 12.4. The summed E-state index contributed by atoms with van der Waals surface area (Å²) in [5.74, 6) is -0.593. The summed E-state index contributed by atoms with van der Waals surface area (Å²) in [7, 11) is 0. The molecule has 1 amide bonds. The molecular formula is C43H85NO5. The van der Waals surface area contributed by atoms with Gasteiger partial charge in [-0.3, -0.25) is 4.79 Å². The SMILES string of the molecule is CCCCC/C=C/CCCC(O)C(O)C(CO)NC(=O)C(O)CCCCCCCCCCCCCCCCCCCCCCCCCCC. The van der Waals surface area contributed by atoms with Crippen LogP contribution in [-0.2, 0) is 4.79 Å². The molecule has 0 aromatic carbocycles. The van der Waals surface area contributed by atoms with Crippen molar-refractivity contribution in [3.63, 3.8) is 0 Å². The molecule has 0 aromatic heterocycles. The van der Waals surface area contributed by atoms with Crippen molar-refractivity contribution in [3.8, 4) is 0 Å². The molecule has 292 valence electrons. The first kappa shape index (κ1) is 48.0. The van der Waals surface area contributed by atoms with Gasteiger partial charge in [-0.2, -0.15) is 0 Å². The lowest BCUT2D eigenvalue weighted by atomic mass is 10.00. The zero-order valence-corrected chi connectivity index (χ0v) is 32.7. The van der Waals surface area contributed by atoms with E-state index in [1.807, 2.05) is 0 Å². The summed E-state index contributed by atoms with van der Waals surface area (Å²) in [5.41, 5.74) is 0. The molecule has 49 heavy (non-hydrogen) atoms. The maximum Gasteiger partial charge on any atom is 0.249 e. The van der Waals surface area contributed by atoms with E-state index in [2.05, 4.69) is 31.3 Å². The number of carbonyl (C=O) groups excluding carboxylic acids is 1. The number of unbranched alkanes of at least 4 members (excludes halogenated alkanes) is 28. The number of amides is 1. The molecule has 0 saturated carbocycles. The number of rotatable bonds is 39. The molecule has 5 N–H and O–H groups in total. The number of hydrogen-bond donors (Lipinski definition) is 5. The Labute approximate surface area is 304 Å². The van der Waals surface area contributed by atoms with Gasteiger partial charge in [0, 0.05) is 0 Å². The molecule has 0 aromatic rings. The Hall–Kier alpha value is -0.950. The first-order valence-corrected chi connectivity index (χ1v) is 21.6. The monoisotopic (exact) mass is 696 g/mol. The molecule has 4 unspecified atom stereocenters. The van der Waals surface area contributed by atoms with E-state index in [0.29, 0.717) is 12.8 Å². The molecule has 0 spiro atoms. The second kappa shape index (κ2) is 38.3. The largest absolute Gasteiger partial charge is 0.394 e. The third-order valence-corrected chi connectivity index (χ3v) is 10.2. The summed E-state index contributed by atoms with van der Waals surface area (Å²) in [6.45, 7) is 3.98. The van der Waals surface area contributed by atoms with E-state index in [-0.39, 0.29) is 0 Å². The van der Waals surface area contributed by atoms with Gasteiger partial charge in [0.1, 0.15) is 12.2 Å². The predicted molar refractivity (Wildman–Crippen MR) is 210 cm³/mol. The molecule has 0 bridgehead atoms. The van der Waals surface area contributed by atoms with E-state index in [9.17, 15) is 25.2 Å². The van der Waals surface area contributed by atoms with Crippen molar-refractivity contribution in [3.05, 3.63) is 12.2 Å². The van der Waals surface area contributed by atoms with Gasteiger partial charge in [0.2, 0.25) is 5.91 Å². The Morgan fingerprint density at radius 2 is 0.837 bits per heavy atom. The Morgan fingerprint density at radius 1 is 0.490 bits per heavy atom. The van der Waals surface area contributed by atoms with Crippen LogP contribution in [0.5, 0.6) is 0 Å². The minimum atomic E-state index is -1.27. The van der Waals surface area contributed by atoms with Crippen LogP contribution in [0.4, 0.5) is 0 Å². The van der Waals surface area contributed by atoms with Gasteiger partial charge in [-0.25, -0.2) is 0 Å². The zero-order chi connectivity index (χ0) is 36.0. The Kier molecular flexibility index (Phi) is 37.5. The van der Waals surface area contributed by atoms with Crippen LogP contribution < -0.4 is 5.32 Å². The fraction of sp³-hybridized carbons (Fsp3) is 0.930. The molecule has 0 radical (unpaired) electrons. The van der Waals surface area contributed by atoms with Crippen LogP contribution in [0, 0.1) is 0 Å². The summed E-state index contributed by atoms with van der Waals surface area (Å²) in [5, 5.41) is 43.3. The fourth-order valence-electron chi connectivity index (χ4n) is 6.76. The number of hydrogen-bond acceptors (Lipinski definition) is 5. The van der Waals surface area contributed by atoms with Crippen molar-refractivity contribution in [1.82, 2.24) is 5.32 Å². The highest BCUT2D eigenvalue weighted by molar-refractivity contribution is 5.80. The topological polar surface area (TPSA) is 110 Å². The van der Waals surface area contributed by atoms with E-state index < -0.39 is 36.9 Å². The summed E-state index contributed by atoms with van der Waals surface area (Å²) >= 11 is 0. The molecular weight excluding hydrogens is 610 g/mol. The van der Waals surface area contributed by atoms with E-state index in [4.69, 9.17) is 0 Å². The summed E-state index contributed by atoms with van der Waals surface area (Å²) in [4.78, 5) is 12.4. The van der Waals surface area contributed by atoms with E-state index in [1.54, 1.807) is 0 Å². The van der Waals surface area contributed by atoms with Gasteiger partial charge in [0.15, 0.2) is 0 Å². The second-order valence-corrected chi connectivity index (χ2v) is 15.0. The zero-order valence-electron chi connectivity index (χ0n) is 32.7. The molecule has 6 heteroatoms. The lowest BCUT2D eigenvalue weighted by molar-refractivity contribution is -0.132. The van der Waals surface area contributed by atoms with Crippen LogP contribution >= 0.6 is 0 Å². The van der Waals surface area contributed by atoms with E-state index >= 15 is 0 Å². The average molecular weight is 696 g/mol. The standard InChI is InChI=1S/C43H85NO5/c1-3-5-7-9-11-13-14-15-16-17-18-19-20-21-22-23-24-25-26-27-28-29-31-33-35-37-41(47)43(49)44-39(38-45)42(48)40(46)36-34-32-30-12-10-8-6-4-2/h12,30,39-42,45-48H,3-11,13-29,31-38H2,1-2H3,(H,44,49)/b30-12+. The molecule has 0 aliphatic rings. The quantitative estimate of drug-likeness (QED) is 0.0325. The summed E-state index contributed by atoms with van der Waals surface area (Å²) < 4.78 is 0. The highest BCUT2D eigenvalue weighted by Crippen LogP contribution is 2.17. The van der Waals surface area contributed by atoms with Gasteiger partial charge in [0.05, 0.1) is 18.8 Å². The lowest BCUT2D eigenvalue weighted by Gasteiger charge is -2.27. The molecule has 0 fully saturated rings. The molecule has 6 nitrogen and oxygen atoms in total. The molecule has 0 rings (SSSR count). The summed E-state index contributed by atoms with van der Waals surface area (Å²) in [6.07, 6.45) is 41.3. The van der Waals surface area contributed by atoms with Crippen LogP contribution in [0.1, 0.15) is 226 Å². The highest BCUT2D eigenvalue weighted by atomic mass is 16.3. The molecule has 0 aliphatic heterocycles. The Bertz CT molecular complexity index is 702. The van der Waals surface area contributed by atoms with Crippen LogP contribution in [0.3, 0.4) is 0 Å². The smallest absolute Gasteiger partial charge is 0.249 e. The van der Waals surface area contributed by atoms with Gasteiger partial charge in [0.25, 0.3) is 0 Å². The van der Waals surface area contributed by atoms with Gasteiger partial charge in [-0.1, -0.05) is 199 Å². The molecule has 0 aliphatic carbocycles. The first-order valence-electron chi connectivity index (χ1n) is 21.6. The van der Waals surface area contributed by atoms with Gasteiger partial charge < -0.3 is 25.7 Å². The van der Waals surface area contributed by atoms with Crippen LogP contribution in [0.25, 0.3) is 0 Å². The van der Waals surface area contributed by atoms with Crippen molar-refractivity contribution in [1.29, 1.82) is 0 Å². The van der Waals surface area contributed by atoms with Crippen LogP contribution in [0.2, 0.25) is 0 Å². The fourth-order valence-corrected chi connectivity index (χ4v) is 6.76. The minimum Gasteiger partial charge on any atom is -0.394 e. The number of aliphatic hydroxyl groups is 4. The Morgan fingerprint density at radius 3 is 1.22 bits per heavy atom. The van der Waals surface area contributed by atoms with Crippen molar-refractivity contribution < 1.29 is 25.2 Å².